The number of carbonyl (C=O) groups is 2. The first-order valence-electron chi connectivity index (χ1n) is 5.99. The lowest BCUT2D eigenvalue weighted by Crippen LogP contribution is -2.24. The highest BCUT2D eigenvalue weighted by Crippen LogP contribution is 2.00. The molecule has 8 nitrogen and oxygen atoms in total. The first kappa shape index (κ1) is 18.8. The zero-order valence-electron chi connectivity index (χ0n) is 12.2. The highest BCUT2D eigenvalue weighted by Gasteiger charge is 2.14. The van der Waals surface area contributed by atoms with Crippen LogP contribution in [0.2, 0.25) is 0 Å². The van der Waals surface area contributed by atoms with Crippen LogP contribution in [0, 0.1) is 0 Å². The Bertz CT molecular complexity index is 245. The van der Waals surface area contributed by atoms with Gasteiger partial charge in [-0.05, 0) is 0 Å². The molecule has 20 heavy (non-hydrogen) atoms. The van der Waals surface area contributed by atoms with Gasteiger partial charge in [-0.3, -0.25) is 9.59 Å². The molecule has 0 aliphatic heterocycles. The topological polar surface area (TPSA) is 89.5 Å². The van der Waals surface area contributed by atoms with Crippen molar-refractivity contribution in [3.8, 4) is 0 Å². The van der Waals surface area contributed by atoms with Crippen LogP contribution in [-0.4, -0.2) is 66.2 Å². The highest BCUT2D eigenvalue weighted by atomic mass is 16.7. The van der Waals surface area contributed by atoms with Gasteiger partial charge in [0.1, 0.15) is 13.2 Å². The van der Waals surface area contributed by atoms with Crippen molar-refractivity contribution in [2.75, 3.05) is 41.7 Å². The standard InChI is InChI=1S/C12H22O8/c1-15-11(16-2)7-19-9(13)5-6-10(14)20-8-12(17-3)18-4/h11-12H,5-8H2,1-4H3. The van der Waals surface area contributed by atoms with E-state index >= 15 is 0 Å². The summed E-state index contributed by atoms with van der Waals surface area (Å²) in [6.45, 7) is -0.0629. The smallest absolute Gasteiger partial charge is 0.306 e. The van der Waals surface area contributed by atoms with Crippen molar-refractivity contribution in [2.45, 2.75) is 25.4 Å². The maximum absolute atomic E-state index is 11.3. The molecule has 0 radical (unpaired) electrons. The fourth-order valence-electron chi connectivity index (χ4n) is 1.14. The predicted octanol–water partition coefficient (Wildman–Crippen LogP) is 0.0908. The van der Waals surface area contributed by atoms with Gasteiger partial charge in [-0.15, -0.1) is 0 Å². The van der Waals surface area contributed by atoms with E-state index in [1.165, 1.54) is 28.4 Å². The van der Waals surface area contributed by atoms with E-state index in [0.29, 0.717) is 0 Å². The fraction of sp³-hybridized carbons (Fsp3) is 0.833. The maximum atomic E-state index is 11.3. The zero-order valence-corrected chi connectivity index (χ0v) is 12.2. The van der Waals surface area contributed by atoms with Gasteiger partial charge in [0.15, 0.2) is 12.6 Å². The van der Waals surface area contributed by atoms with E-state index in [1.807, 2.05) is 0 Å². The van der Waals surface area contributed by atoms with E-state index in [0.717, 1.165) is 0 Å². The number of hydrogen-bond acceptors (Lipinski definition) is 8. The van der Waals surface area contributed by atoms with Crippen LogP contribution in [0.1, 0.15) is 12.8 Å². The molecule has 0 unspecified atom stereocenters. The molecule has 0 N–H and O–H groups in total. The molecule has 0 heterocycles. The van der Waals surface area contributed by atoms with Crippen molar-refractivity contribution in [1.82, 2.24) is 0 Å². The zero-order chi connectivity index (χ0) is 15.4. The number of methoxy groups -OCH3 is 4. The van der Waals surface area contributed by atoms with Gasteiger partial charge in [0.2, 0.25) is 0 Å². The Balaban J connectivity index is 3.75. The van der Waals surface area contributed by atoms with Crippen molar-refractivity contribution >= 4 is 11.9 Å². The molecule has 0 saturated carbocycles. The van der Waals surface area contributed by atoms with E-state index in [1.54, 1.807) is 0 Å². The number of carbonyl (C=O) groups excluding carboxylic acids is 2. The molecule has 0 saturated heterocycles. The Morgan fingerprint density at radius 2 is 1.00 bits per heavy atom. The lowest BCUT2D eigenvalue weighted by atomic mass is 10.3. The van der Waals surface area contributed by atoms with Crippen LogP contribution in [0.15, 0.2) is 0 Å². The van der Waals surface area contributed by atoms with Gasteiger partial charge in [0.25, 0.3) is 0 Å². The second-order valence-electron chi connectivity index (χ2n) is 3.67. The van der Waals surface area contributed by atoms with E-state index < -0.39 is 24.5 Å². The lowest BCUT2D eigenvalue weighted by Gasteiger charge is -2.14. The van der Waals surface area contributed by atoms with Crippen LogP contribution in [0.3, 0.4) is 0 Å². The molecule has 0 amide bonds. The summed E-state index contributed by atoms with van der Waals surface area (Å²) in [6.07, 6.45) is -1.39. The molecular weight excluding hydrogens is 272 g/mol. The third kappa shape index (κ3) is 8.81. The molecule has 8 heteroatoms. The fourth-order valence-corrected chi connectivity index (χ4v) is 1.14. The normalized spacial score (nSPS) is 10.9. The lowest BCUT2D eigenvalue weighted by molar-refractivity contribution is -0.171. The number of rotatable bonds is 11. The molecule has 118 valence electrons. The third-order valence-electron chi connectivity index (χ3n) is 2.35. The Labute approximate surface area is 118 Å². The van der Waals surface area contributed by atoms with Crippen LogP contribution in [0.25, 0.3) is 0 Å². The van der Waals surface area contributed by atoms with Crippen LogP contribution < -0.4 is 0 Å². The van der Waals surface area contributed by atoms with Gasteiger partial charge in [-0.2, -0.15) is 0 Å². The summed E-state index contributed by atoms with van der Waals surface area (Å²) in [5.74, 6) is -1.06. The Morgan fingerprint density at radius 1 is 0.700 bits per heavy atom. The third-order valence-corrected chi connectivity index (χ3v) is 2.35. The quantitative estimate of drug-likeness (QED) is 0.391. The molecular formula is C12H22O8. The summed E-state index contributed by atoms with van der Waals surface area (Å²) in [7, 11) is 5.73. The molecule has 0 rings (SSSR count). The molecule has 0 aliphatic rings. The van der Waals surface area contributed by atoms with Crippen LogP contribution >= 0.6 is 0 Å². The molecule has 0 aromatic rings. The largest absolute Gasteiger partial charge is 0.460 e. The van der Waals surface area contributed by atoms with Crippen molar-refractivity contribution in [1.29, 1.82) is 0 Å². The summed E-state index contributed by atoms with van der Waals surface area (Å²) in [4.78, 5) is 22.7. The molecule has 0 aliphatic carbocycles. The van der Waals surface area contributed by atoms with Crippen LogP contribution in [-0.2, 0) is 38.0 Å². The summed E-state index contributed by atoms with van der Waals surface area (Å²) in [5.41, 5.74) is 0. The minimum Gasteiger partial charge on any atom is -0.460 e. The van der Waals surface area contributed by atoms with Crippen molar-refractivity contribution in [2.24, 2.45) is 0 Å². The van der Waals surface area contributed by atoms with E-state index in [-0.39, 0.29) is 26.1 Å². The molecule has 0 bridgehead atoms. The van der Waals surface area contributed by atoms with E-state index in [4.69, 9.17) is 28.4 Å². The molecule has 0 fully saturated rings. The van der Waals surface area contributed by atoms with E-state index in [2.05, 4.69) is 0 Å². The Kier molecular flexibility index (Phi) is 10.9. The van der Waals surface area contributed by atoms with Gasteiger partial charge in [0.05, 0.1) is 12.8 Å². The van der Waals surface area contributed by atoms with Gasteiger partial charge in [0, 0.05) is 28.4 Å². The monoisotopic (exact) mass is 294 g/mol. The predicted molar refractivity (Wildman–Crippen MR) is 66.8 cm³/mol. The van der Waals surface area contributed by atoms with Crippen molar-refractivity contribution < 1.29 is 38.0 Å². The molecule has 0 atom stereocenters. The maximum Gasteiger partial charge on any atom is 0.306 e. The second kappa shape index (κ2) is 11.6. The van der Waals surface area contributed by atoms with E-state index in [9.17, 15) is 9.59 Å². The van der Waals surface area contributed by atoms with Gasteiger partial charge < -0.3 is 28.4 Å². The second-order valence-corrected chi connectivity index (χ2v) is 3.67. The Morgan fingerprint density at radius 3 is 1.25 bits per heavy atom. The average Bonchev–Trinajstić information content (AvgIpc) is 2.47. The molecule has 0 spiro atoms. The first-order valence-corrected chi connectivity index (χ1v) is 5.99. The number of ether oxygens (including phenoxy) is 6. The first-order chi connectivity index (χ1) is 9.57. The van der Waals surface area contributed by atoms with Crippen molar-refractivity contribution in [3.05, 3.63) is 0 Å². The van der Waals surface area contributed by atoms with Gasteiger partial charge in [-0.25, -0.2) is 0 Å². The summed E-state index contributed by atoms with van der Waals surface area (Å²) >= 11 is 0. The Hall–Kier alpha value is -1.22. The molecule has 0 aromatic heterocycles. The van der Waals surface area contributed by atoms with Crippen molar-refractivity contribution in [3.63, 3.8) is 0 Å². The number of hydrogen-bond donors (Lipinski definition) is 0. The summed E-state index contributed by atoms with van der Waals surface area (Å²) in [6, 6.07) is 0. The average molecular weight is 294 g/mol. The number of esters is 2. The minimum atomic E-state index is -0.616. The molecule has 0 aromatic carbocycles. The SMILES string of the molecule is COC(COC(=O)CCC(=O)OCC(OC)OC)OC. The summed E-state index contributed by atoms with van der Waals surface area (Å²) < 4.78 is 29.1. The highest BCUT2D eigenvalue weighted by molar-refractivity contribution is 5.77. The van der Waals surface area contributed by atoms with Crippen LogP contribution in [0.5, 0.6) is 0 Å². The summed E-state index contributed by atoms with van der Waals surface area (Å²) in [5, 5.41) is 0. The van der Waals surface area contributed by atoms with Gasteiger partial charge in [-0.1, -0.05) is 0 Å². The van der Waals surface area contributed by atoms with Gasteiger partial charge >= 0.3 is 11.9 Å². The van der Waals surface area contributed by atoms with Crippen LogP contribution in [0.4, 0.5) is 0 Å². The minimum absolute atomic E-state index is 0.0314.